The van der Waals surface area contributed by atoms with Crippen LogP contribution in [-0.2, 0) is 6.18 Å². The molecule has 7 nitrogen and oxygen atoms in total. The van der Waals surface area contributed by atoms with Crippen LogP contribution in [0, 0.1) is 6.92 Å². The number of halogens is 3. The van der Waals surface area contributed by atoms with Gasteiger partial charge in [0.15, 0.2) is 5.84 Å². The van der Waals surface area contributed by atoms with Gasteiger partial charge >= 0.3 is 6.18 Å². The van der Waals surface area contributed by atoms with Crippen molar-refractivity contribution in [3.8, 4) is 5.75 Å². The molecule has 0 spiro atoms. The van der Waals surface area contributed by atoms with Crippen LogP contribution >= 0.6 is 0 Å². The Kier molecular flexibility index (Phi) is 4.07. The summed E-state index contributed by atoms with van der Waals surface area (Å²) in [6.07, 6.45) is -4.59. The highest BCUT2D eigenvalue weighted by Crippen LogP contribution is 2.36. The van der Waals surface area contributed by atoms with Crippen molar-refractivity contribution in [2.75, 3.05) is 6.67 Å². The molecule has 4 N–H and O–H groups in total. The van der Waals surface area contributed by atoms with Gasteiger partial charge < -0.3 is 10.8 Å². The minimum atomic E-state index is -4.59. The number of phenolic OH excluding ortho intramolecular Hbond substituents is 1. The minimum absolute atomic E-state index is 0.0549. The first-order valence-electron chi connectivity index (χ1n) is 8.26. The number of nitrogens with zero attached hydrogens (tertiary/aromatic N) is 4. The maximum atomic E-state index is 13.3. The summed E-state index contributed by atoms with van der Waals surface area (Å²) < 4.78 is 39.9. The number of aliphatic imine (C=N–C) groups is 2. The van der Waals surface area contributed by atoms with Crippen LogP contribution in [0.4, 0.5) is 13.2 Å². The number of hydrogen-bond donors (Lipinski definition) is 3. The predicted molar refractivity (Wildman–Crippen MR) is 97.8 cm³/mol. The highest BCUT2D eigenvalue weighted by atomic mass is 19.4. The summed E-state index contributed by atoms with van der Waals surface area (Å²) in [5.41, 5.74) is 9.72. The summed E-state index contributed by atoms with van der Waals surface area (Å²) >= 11 is 0. The Hall–Kier alpha value is -3.40. The Balaban J connectivity index is 2.00. The number of aromatic hydroxyl groups is 1. The number of hydrazine groups is 1. The molecule has 2 aliphatic heterocycles. The van der Waals surface area contributed by atoms with Crippen molar-refractivity contribution < 1.29 is 18.3 Å². The smallest absolute Gasteiger partial charge is 0.433 e. The molecular weight excluding hydrogens is 373 g/mol. The number of hydrogen-bond acceptors (Lipinski definition) is 7. The third kappa shape index (κ3) is 3.07. The molecule has 0 aliphatic carbocycles. The zero-order chi connectivity index (χ0) is 20.1. The van der Waals surface area contributed by atoms with Crippen LogP contribution in [0.15, 0.2) is 46.4 Å². The van der Waals surface area contributed by atoms with Gasteiger partial charge in [-0.25, -0.2) is 25.4 Å². The van der Waals surface area contributed by atoms with Crippen molar-refractivity contribution in [2.24, 2.45) is 15.7 Å². The van der Waals surface area contributed by atoms with E-state index in [-0.39, 0.29) is 29.6 Å². The lowest BCUT2D eigenvalue weighted by Crippen LogP contribution is -2.48. The largest absolute Gasteiger partial charge is 0.508 e. The van der Waals surface area contributed by atoms with Crippen LogP contribution in [0.25, 0.3) is 11.3 Å². The van der Waals surface area contributed by atoms with Gasteiger partial charge in [-0.2, -0.15) is 13.2 Å². The summed E-state index contributed by atoms with van der Waals surface area (Å²) in [4.78, 5) is 12.3. The molecule has 0 fully saturated rings. The van der Waals surface area contributed by atoms with Crippen LogP contribution in [0.3, 0.4) is 0 Å². The van der Waals surface area contributed by atoms with Crippen molar-refractivity contribution in [3.63, 3.8) is 0 Å². The number of aryl methyl sites for hydroxylation is 1. The average molecular weight is 388 g/mol. The van der Waals surface area contributed by atoms with Crippen LogP contribution in [-0.4, -0.2) is 33.6 Å². The molecule has 28 heavy (non-hydrogen) atoms. The van der Waals surface area contributed by atoms with E-state index >= 15 is 0 Å². The Bertz CT molecular complexity index is 1040. The highest BCUT2D eigenvalue weighted by Gasteiger charge is 2.36. The molecule has 1 aromatic carbocycles. The molecule has 0 radical (unpaired) electrons. The lowest BCUT2D eigenvalue weighted by molar-refractivity contribution is -0.141. The maximum absolute atomic E-state index is 13.3. The van der Waals surface area contributed by atoms with Gasteiger partial charge in [0, 0.05) is 11.3 Å². The fraction of sp³-hybridized carbons (Fsp3) is 0.167. The van der Waals surface area contributed by atoms with E-state index in [0.29, 0.717) is 22.7 Å². The number of amidine groups is 1. The Morgan fingerprint density at radius 1 is 1.14 bits per heavy atom. The number of aromatic nitrogens is 1. The zero-order valence-electron chi connectivity index (χ0n) is 14.6. The standard InChI is InChI=1S/C18H15F3N6O/c1-9-6-11(7-13(25-9)18(19,20)21)14-15(10-2-4-12(28)5-3-10)26-17(22)27-16(14)23-8-24-27/h2-7,24,28H,8H2,1H3,(H2,22,26). The molecule has 3 heterocycles. The minimum Gasteiger partial charge on any atom is -0.508 e. The fourth-order valence-corrected chi connectivity index (χ4v) is 3.09. The van der Waals surface area contributed by atoms with Crippen molar-refractivity contribution in [3.05, 3.63) is 58.9 Å². The number of pyridine rings is 1. The molecule has 0 bridgehead atoms. The van der Waals surface area contributed by atoms with Gasteiger partial charge in [0.1, 0.15) is 18.1 Å². The summed E-state index contributed by atoms with van der Waals surface area (Å²) in [5.74, 6) is 0.540. The van der Waals surface area contributed by atoms with Crippen molar-refractivity contribution in [1.29, 1.82) is 0 Å². The Morgan fingerprint density at radius 3 is 2.54 bits per heavy atom. The Labute approximate surface area is 157 Å². The van der Waals surface area contributed by atoms with Crippen molar-refractivity contribution in [1.82, 2.24) is 15.4 Å². The number of alkyl halides is 3. The van der Waals surface area contributed by atoms with Crippen LogP contribution in [0.5, 0.6) is 5.75 Å². The summed E-state index contributed by atoms with van der Waals surface area (Å²) in [7, 11) is 0. The second kappa shape index (κ2) is 6.34. The molecule has 0 atom stereocenters. The van der Waals surface area contributed by atoms with E-state index in [4.69, 9.17) is 5.73 Å². The first-order chi connectivity index (χ1) is 13.2. The van der Waals surface area contributed by atoms with Crippen LogP contribution in [0.1, 0.15) is 22.5 Å². The molecule has 0 amide bonds. The normalized spacial score (nSPS) is 16.8. The molecule has 10 heteroatoms. The third-order valence-electron chi connectivity index (χ3n) is 4.26. The molecule has 0 unspecified atom stereocenters. The third-order valence-corrected chi connectivity index (χ3v) is 4.26. The van der Waals surface area contributed by atoms with Crippen molar-refractivity contribution >= 4 is 23.1 Å². The van der Waals surface area contributed by atoms with Crippen LogP contribution < -0.4 is 11.2 Å². The molecule has 144 valence electrons. The molecule has 2 aliphatic rings. The molecule has 4 rings (SSSR count). The van der Waals surface area contributed by atoms with Gasteiger partial charge in [0.25, 0.3) is 0 Å². The van der Waals surface area contributed by atoms with Gasteiger partial charge in [0.05, 0.1) is 11.3 Å². The van der Waals surface area contributed by atoms with E-state index in [9.17, 15) is 18.3 Å². The fourth-order valence-electron chi connectivity index (χ4n) is 3.09. The van der Waals surface area contributed by atoms with E-state index in [1.165, 1.54) is 24.1 Å². The first kappa shape index (κ1) is 18.0. The topological polar surface area (TPSA) is 99.1 Å². The molecule has 2 aromatic rings. The number of phenols is 1. The van der Waals surface area contributed by atoms with Gasteiger partial charge in [0.2, 0.25) is 5.96 Å². The molecular formula is C18H15F3N6O. The Morgan fingerprint density at radius 2 is 1.86 bits per heavy atom. The highest BCUT2D eigenvalue weighted by molar-refractivity contribution is 6.35. The lowest BCUT2D eigenvalue weighted by Gasteiger charge is -2.27. The zero-order valence-corrected chi connectivity index (χ0v) is 14.6. The van der Waals surface area contributed by atoms with Gasteiger partial charge in [-0.3, -0.25) is 0 Å². The summed E-state index contributed by atoms with van der Waals surface area (Å²) in [5, 5.41) is 11.0. The molecule has 0 saturated heterocycles. The van der Waals surface area contributed by atoms with Gasteiger partial charge in [-0.15, -0.1) is 0 Å². The van der Waals surface area contributed by atoms with E-state index in [0.717, 1.165) is 6.07 Å². The number of fused-ring (bicyclic) bond motifs is 1. The summed E-state index contributed by atoms with van der Waals surface area (Å²) in [6.45, 7) is 1.71. The van der Waals surface area contributed by atoms with Gasteiger partial charge in [-0.1, -0.05) is 0 Å². The number of guanidine groups is 1. The quantitative estimate of drug-likeness (QED) is 0.734. The summed E-state index contributed by atoms with van der Waals surface area (Å²) in [6, 6.07) is 8.66. The molecule has 1 aromatic heterocycles. The maximum Gasteiger partial charge on any atom is 0.433 e. The first-order valence-corrected chi connectivity index (χ1v) is 8.26. The number of benzene rings is 1. The van der Waals surface area contributed by atoms with Crippen molar-refractivity contribution in [2.45, 2.75) is 13.1 Å². The monoisotopic (exact) mass is 388 g/mol. The number of nitrogens with one attached hydrogen (secondary N) is 1. The van der Waals surface area contributed by atoms with E-state index < -0.39 is 11.9 Å². The average Bonchev–Trinajstić information content (AvgIpc) is 3.11. The molecule has 0 saturated carbocycles. The SMILES string of the molecule is Cc1cc(C2=C(c3ccc(O)cc3)N=C(N)N3NCN=C23)cc(C(F)(F)F)n1. The van der Waals surface area contributed by atoms with Gasteiger partial charge in [-0.05, 0) is 48.9 Å². The predicted octanol–water partition coefficient (Wildman–Crippen LogP) is 2.49. The van der Waals surface area contributed by atoms with E-state index in [2.05, 4.69) is 20.4 Å². The lowest BCUT2D eigenvalue weighted by atomic mass is 9.96. The van der Waals surface area contributed by atoms with Crippen LogP contribution in [0.2, 0.25) is 0 Å². The second-order valence-corrected chi connectivity index (χ2v) is 6.25. The van der Waals surface area contributed by atoms with E-state index in [1.807, 2.05) is 0 Å². The van der Waals surface area contributed by atoms with E-state index in [1.54, 1.807) is 18.2 Å². The number of nitrogens with two attached hydrogens (primary N) is 1. The second-order valence-electron chi connectivity index (χ2n) is 6.25. The number of rotatable bonds is 2.